The first-order valence-electron chi connectivity index (χ1n) is 8.46. The minimum absolute atomic E-state index is 0.439. The predicted octanol–water partition coefficient (Wildman–Crippen LogP) is 3.23. The second-order valence-electron chi connectivity index (χ2n) is 5.91. The summed E-state index contributed by atoms with van der Waals surface area (Å²) in [5.41, 5.74) is 1.29. The SMILES string of the molecule is CCCCC[C@@H](c1ccc(OC)cc1OC)N1CCNCC1. The Morgan fingerprint density at radius 3 is 2.55 bits per heavy atom. The molecule has 0 spiro atoms. The van der Waals surface area contributed by atoms with Gasteiger partial charge in [-0.3, -0.25) is 4.90 Å². The molecule has 1 aromatic carbocycles. The molecule has 1 aliphatic heterocycles. The Labute approximate surface area is 134 Å². The van der Waals surface area contributed by atoms with Gasteiger partial charge in [-0.15, -0.1) is 0 Å². The number of rotatable bonds is 8. The third-order valence-electron chi connectivity index (χ3n) is 4.47. The number of unbranched alkanes of at least 4 members (excludes halogenated alkanes) is 2. The van der Waals surface area contributed by atoms with Crippen LogP contribution in [0.15, 0.2) is 18.2 Å². The topological polar surface area (TPSA) is 33.7 Å². The van der Waals surface area contributed by atoms with E-state index >= 15 is 0 Å². The fraction of sp³-hybridized carbons (Fsp3) is 0.667. The van der Waals surface area contributed by atoms with Crippen molar-refractivity contribution in [2.45, 2.75) is 38.6 Å². The maximum atomic E-state index is 5.64. The Bertz CT molecular complexity index is 445. The van der Waals surface area contributed by atoms with Crippen LogP contribution in [-0.2, 0) is 0 Å². The highest BCUT2D eigenvalue weighted by molar-refractivity contribution is 5.42. The summed E-state index contributed by atoms with van der Waals surface area (Å²) in [5.74, 6) is 1.80. The highest BCUT2D eigenvalue weighted by Crippen LogP contribution is 2.35. The molecule has 1 saturated heterocycles. The molecule has 1 atom stereocenters. The molecule has 0 aliphatic carbocycles. The van der Waals surface area contributed by atoms with Crippen LogP contribution in [0.2, 0.25) is 0 Å². The summed E-state index contributed by atoms with van der Waals surface area (Å²) in [6, 6.07) is 6.67. The number of hydrogen-bond donors (Lipinski definition) is 1. The molecule has 1 fully saturated rings. The number of benzene rings is 1. The molecule has 2 rings (SSSR count). The first-order chi connectivity index (χ1) is 10.8. The molecule has 4 nitrogen and oxygen atoms in total. The second kappa shape index (κ2) is 9.01. The Hall–Kier alpha value is -1.26. The highest BCUT2D eigenvalue weighted by Gasteiger charge is 2.24. The maximum Gasteiger partial charge on any atom is 0.127 e. The zero-order valence-electron chi connectivity index (χ0n) is 14.2. The van der Waals surface area contributed by atoms with E-state index in [0.29, 0.717) is 6.04 Å². The fourth-order valence-corrected chi connectivity index (χ4v) is 3.21. The van der Waals surface area contributed by atoms with Crippen molar-refractivity contribution >= 4 is 0 Å². The number of ether oxygens (including phenoxy) is 2. The molecular formula is C18H30N2O2. The predicted molar refractivity (Wildman–Crippen MR) is 90.9 cm³/mol. The van der Waals surface area contributed by atoms with E-state index < -0.39 is 0 Å². The summed E-state index contributed by atoms with van der Waals surface area (Å²) in [6.45, 7) is 6.61. The van der Waals surface area contributed by atoms with Gasteiger partial charge in [0.2, 0.25) is 0 Å². The van der Waals surface area contributed by atoms with Gasteiger partial charge in [0, 0.05) is 43.9 Å². The van der Waals surface area contributed by atoms with Crippen LogP contribution in [0.5, 0.6) is 11.5 Å². The Balaban J connectivity index is 2.22. The van der Waals surface area contributed by atoms with E-state index in [1.165, 1.54) is 31.2 Å². The van der Waals surface area contributed by atoms with Crippen LogP contribution < -0.4 is 14.8 Å². The number of methoxy groups -OCH3 is 2. The zero-order valence-corrected chi connectivity index (χ0v) is 14.2. The van der Waals surface area contributed by atoms with Gasteiger partial charge >= 0.3 is 0 Å². The lowest BCUT2D eigenvalue weighted by Crippen LogP contribution is -2.45. The van der Waals surface area contributed by atoms with E-state index in [1.807, 2.05) is 12.1 Å². The zero-order chi connectivity index (χ0) is 15.8. The van der Waals surface area contributed by atoms with Gasteiger partial charge in [0.25, 0.3) is 0 Å². The smallest absolute Gasteiger partial charge is 0.127 e. The molecule has 1 heterocycles. The minimum Gasteiger partial charge on any atom is -0.497 e. The van der Waals surface area contributed by atoms with Crippen LogP contribution in [0.25, 0.3) is 0 Å². The Kier molecular flexibility index (Phi) is 7.00. The van der Waals surface area contributed by atoms with Crippen molar-refractivity contribution in [1.82, 2.24) is 10.2 Å². The molecule has 124 valence electrons. The molecule has 0 aromatic heterocycles. The fourth-order valence-electron chi connectivity index (χ4n) is 3.21. The number of nitrogens with one attached hydrogen (secondary N) is 1. The monoisotopic (exact) mass is 306 g/mol. The minimum atomic E-state index is 0.439. The molecule has 0 saturated carbocycles. The van der Waals surface area contributed by atoms with Crippen LogP contribution in [0.4, 0.5) is 0 Å². The standard InChI is InChI=1S/C18H30N2O2/c1-4-5-6-7-17(20-12-10-19-11-13-20)16-9-8-15(21-2)14-18(16)22-3/h8-9,14,17,19H,4-7,10-13H2,1-3H3/t17-/m0/s1. The Morgan fingerprint density at radius 2 is 1.91 bits per heavy atom. The molecule has 0 bridgehead atoms. The van der Waals surface area contributed by atoms with Crippen LogP contribution in [0.3, 0.4) is 0 Å². The van der Waals surface area contributed by atoms with E-state index in [2.05, 4.69) is 23.2 Å². The summed E-state index contributed by atoms with van der Waals surface area (Å²) in [7, 11) is 3.45. The van der Waals surface area contributed by atoms with Crippen LogP contribution in [-0.4, -0.2) is 45.3 Å². The third kappa shape index (κ3) is 4.37. The van der Waals surface area contributed by atoms with Crippen molar-refractivity contribution in [3.63, 3.8) is 0 Å². The molecule has 1 N–H and O–H groups in total. The lowest BCUT2D eigenvalue weighted by Gasteiger charge is -2.36. The van der Waals surface area contributed by atoms with E-state index in [4.69, 9.17) is 9.47 Å². The molecule has 1 aliphatic rings. The van der Waals surface area contributed by atoms with Gasteiger partial charge in [0.1, 0.15) is 11.5 Å². The van der Waals surface area contributed by atoms with Crippen LogP contribution >= 0.6 is 0 Å². The molecule has 0 unspecified atom stereocenters. The van der Waals surface area contributed by atoms with Crippen LogP contribution in [0, 0.1) is 0 Å². The van der Waals surface area contributed by atoms with Crippen molar-refractivity contribution in [3.8, 4) is 11.5 Å². The van der Waals surface area contributed by atoms with Crippen molar-refractivity contribution in [1.29, 1.82) is 0 Å². The van der Waals surface area contributed by atoms with Gasteiger partial charge in [0.15, 0.2) is 0 Å². The van der Waals surface area contributed by atoms with Crippen molar-refractivity contribution in [2.24, 2.45) is 0 Å². The number of hydrogen-bond acceptors (Lipinski definition) is 4. The third-order valence-corrected chi connectivity index (χ3v) is 4.47. The quantitative estimate of drug-likeness (QED) is 0.748. The average Bonchev–Trinajstić information content (AvgIpc) is 2.59. The molecule has 1 aromatic rings. The summed E-state index contributed by atoms with van der Waals surface area (Å²) in [5, 5.41) is 3.44. The number of piperazine rings is 1. The van der Waals surface area contributed by atoms with Crippen molar-refractivity contribution in [3.05, 3.63) is 23.8 Å². The normalized spacial score (nSPS) is 17.2. The van der Waals surface area contributed by atoms with Gasteiger partial charge in [-0.05, 0) is 12.5 Å². The Morgan fingerprint density at radius 1 is 1.14 bits per heavy atom. The first kappa shape index (κ1) is 17.1. The summed E-state index contributed by atoms with van der Waals surface area (Å²) < 4.78 is 11.0. The van der Waals surface area contributed by atoms with Gasteiger partial charge in [0.05, 0.1) is 14.2 Å². The lowest BCUT2D eigenvalue weighted by molar-refractivity contribution is 0.160. The van der Waals surface area contributed by atoms with E-state index in [0.717, 1.165) is 37.7 Å². The van der Waals surface area contributed by atoms with Crippen molar-refractivity contribution < 1.29 is 9.47 Å². The van der Waals surface area contributed by atoms with Crippen molar-refractivity contribution in [2.75, 3.05) is 40.4 Å². The van der Waals surface area contributed by atoms with Gasteiger partial charge in [-0.25, -0.2) is 0 Å². The van der Waals surface area contributed by atoms with Gasteiger partial charge in [-0.2, -0.15) is 0 Å². The lowest BCUT2D eigenvalue weighted by atomic mass is 9.97. The largest absolute Gasteiger partial charge is 0.497 e. The molecule has 22 heavy (non-hydrogen) atoms. The van der Waals surface area contributed by atoms with Gasteiger partial charge in [-0.1, -0.05) is 32.3 Å². The summed E-state index contributed by atoms with van der Waals surface area (Å²) in [4.78, 5) is 2.59. The van der Waals surface area contributed by atoms with E-state index in [-0.39, 0.29) is 0 Å². The second-order valence-corrected chi connectivity index (χ2v) is 5.91. The maximum absolute atomic E-state index is 5.64. The highest BCUT2D eigenvalue weighted by atomic mass is 16.5. The number of nitrogens with zero attached hydrogens (tertiary/aromatic N) is 1. The van der Waals surface area contributed by atoms with Crippen LogP contribution in [0.1, 0.15) is 44.2 Å². The van der Waals surface area contributed by atoms with E-state index in [9.17, 15) is 0 Å². The van der Waals surface area contributed by atoms with E-state index in [1.54, 1.807) is 14.2 Å². The summed E-state index contributed by atoms with van der Waals surface area (Å²) in [6.07, 6.45) is 5.01. The molecule has 4 heteroatoms. The average molecular weight is 306 g/mol. The van der Waals surface area contributed by atoms with Gasteiger partial charge < -0.3 is 14.8 Å². The molecule has 0 amide bonds. The summed E-state index contributed by atoms with van der Waals surface area (Å²) >= 11 is 0. The molecule has 0 radical (unpaired) electrons. The molecular weight excluding hydrogens is 276 g/mol. The first-order valence-corrected chi connectivity index (χ1v) is 8.46.